The van der Waals surface area contributed by atoms with Crippen LogP contribution in [0.5, 0.6) is 0 Å². The molecule has 0 radical (unpaired) electrons. The van der Waals surface area contributed by atoms with Crippen molar-refractivity contribution < 1.29 is 4.92 Å². The van der Waals surface area contributed by atoms with Gasteiger partial charge in [-0.3, -0.25) is 10.1 Å². The van der Waals surface area contributed by atoms with Gasteiger partial charge in [0.05, 0.1) is 4.92 Å². The molecule has 4 nitrogen and oxygen atoms in total. The van der Waals surface area contributed by atoms with Gasteiger partial charge in [-0.15, -0.1) is 0 Å². The van der Waals surface area contributed by atoms with Crippen molar-refractivity contribution in [1.82, 2.24) is 5.32 Å². The van der Waals surface area contributed by atoms with Crippen LogP contribution >= 0.6 is 23.4 Å². The molecule has 0 aliphatic rings. The van der Waals surface area contributed by atoms with Gasteiger partial charge in [-0.2, -0.15) is 11.8 Å². The lowest BCUT2D eigenvalue weighted by atomic mass is 10.0. The zero-order valence-corrected chi connectivity index (χ0v) is 13.7. The molecule has 6 heteroatoms. The fourth-order valence-corrected chi connectivity index (χ4v) is 3.11. The Morgan fingerprint density at radius 3 is 2.55 bits per heavy atom. The Hall–Kier alpha value is -0.780. The highest BCUT2D eigenvalue weighted by Gasteiger charge is 2.24. The highest BCUT2D eigenvalue weighted by Crippen LogP contribution is 2.30. The topological polar surface area (TPSA) is 55.2 Å². The van der Waals surface area contributed by atoms with Crippen LogP contribution in [0.25, 0.3) is 0 Å². The predicted octanol–water partition coefficient (Wildman–Crippen LogP) is 4.26. The average Bonchev–Trinajstić information content (AvgIpc) is 2.45. The molecule has 0 unspecified atom stereocenters. The summed E-state index contributed by atoms with van der Waals surface area (Å²) in [6.07, 6.45) is 4.32. The van der Waals surface area contributed by atoms with Crippen molar-refractivity contribution in [3.63, 3.8) is 0 Å². The number of benzene rings is 1. The van der Waals surface area contributed by atoms with Crippen LogP contribution in [0.2, 0.25) is 5.02 Å². The highest BCUT2D eigenvalue weighted by atomic mass is 35.5. The van der Waals surface area contributed by atoms with Gasteiger partial charge in [-0.05, 0) is 30.7 Å². The average molecular weight is 317 g/mol. The molecule has 0 atom stereocenters. The van der Waals surface area contributed by atoms with E-state index in [1.54, 1.807) is 6.07 Å². The summed E-state index contributed by atoms with van der Waals surface area (Å²) >= 11 is 7.67. The molecule has 0 bridgehead atoms. The second-order valence-corrected chi connectivity index (χ2v) is 6.42. The Labute approximate surface area is 129 Å². The molecular weight excluding hydrogens is 296 g/mol. The normalized spacial score (nSPS) is 11.6. The molecule has 0 fully saturated rings. The number of halogens is 1. The lowest BCUT2D eigenvalue weighted by Gasteiger charge is -2.30. The van der Waals surface area contributed by atoms with Crippen molar-refractivity contribution in [1.29, 1.82) is 0 Å². The molecule has 20 heavy (non-hydrogen) atoms. The number of nitrogens with zero attached hydrogens (tertiary/aromatic N) is 1. The molecule has 0 aliphatic heterocycles. The quantitative estimate of drug-likeness (QED) is 0.575. The van der Waals surface area contributed by atoms with Crippen molar-refractivity contribution in [3.8, 4) is 0 Å². The number of hydrogen-bond donors (Lipinski definition) is 1. The minimum absolute atomic E-state index is 0.0342. The SMILES string of the molecule is CCC(CC)(CNCc1ccc(Cl)c([N+](=O)[O-])c1)SC. The minimum Gasteiger partial charge on any atom is -0.311 e. The first-order chi connectivity index (χ1) is 9.48. The summed E-state index contributed by atoms with van der Waals surface area (Å²) in [4.78, 5) is 10.4. The van der Waals surface area contributed by atoms with Crippen LogP contribution in [0.1, 0.15) is 32.3 Å². The molecule has 1 aromatic rings. The Morgan fingerprint density at radius 2 is 2.05 bits per heavy atom. The molecular formula is C14H21ClN2O2S. The summed E-state index contributed by atoms with van der Waals surface area (Å²) in [5.41, 5.74) is 0.844. The maximum absolute atomic E-state index is 10.8. The van der Waals surface area contributed by atoms with Crippen molar-refractivity contribution in [3.05, 3.63) is 38.9 Å². The van der Waals surface area contributed by atoms with Crippen LogP contribution in [-0.2, 0) is 6.54 Å². The number of thioether (sulfide) groups is 1. The van der Waals surface area contributed by atoms with E-state index in [1.165, 1.54) is 6.07 Å². The van der Waals surface area contributed by atoms with Crippen molar-refractivity contribution in [2.45, 2.75) is 38.0 Å². The molecule has 1 N–H and O–H groups in total. The monoisotopic (exact) mass is 316 g/mol. The number of nitro benzene ring substituents is 1. The van der Waals surface area contributed by atoms with Gasteiger partial charge in [-0.25, -0.2) is 0 Å². The van der Waals surface area contributed by atoms with Crippen molar-refractivity contribution in [2.75, 3.05) is 12.8 Å². The van der Waals surface area contributed by atoms with E-state index in [9.17, 15) is 10.1 Å². The first-order valence-corrected chi connectivity index (χ1v) is 8.27. The fourth-order valence-electron chi connectivity index (χ4n) is 2.10. The summed E-state index contributed by atoms with van der Waals surface area (Å²) in [7, 11) is 0. The third-order valence-electron chi connectivity index (χ3n) is 3.71. The smallest absolute Gasteiger partial charge is 0.288 e. The third-order valence-corrected chi connectivity index (χ3v) is 5.61. The van der Waals surface area contributed by atoms with Gasteiger partial charge >= 0.3 is 0 Å². The van der Waals surface area contributed by atoms with Gasteiger partial charge < -0.3 is 5.32 Å². The molecule has 0 amide bonds. The van der Waals surface area contributed by atoms with Gasteiger partial charge in [-0.1, -0.05) is 31.5 Å². The first-order valence-electron chi connectivity index (χ1n) is 6.66. The van der Waals surface area contributed by atoms with E-state index in [4.69, 9.17) is 11.6 Å². The lowest BCUT2D eigenvalue weighted by Crippen LogP contribution is -2.36. The maximum Gasteiger partial charge on any atom is 0.288 e. The van der Waals surface area contributed by atoms with Crippen LogP contribution in [0.3, 0.4) is 0 Å². The van der Waals surface area contributed by atoms with Gasteiger partial charge in [0.2, 0.25) is 0 Å². The molecule has 1 aromatic carbocycles. The molecule has 0 saturated carbocycles. The summed E-state index contributed by atoms with van der Waals surface area (Å²) in [6.45, 7) is 5.88. The number of nitro groups is 1. The van der Waals surface area contributed by atoms with Crippen LogP contribution in [0.15, 0.2) is 18.2 Å². The molecule has 112 valence electrons. The number of hydrogen-bond acceptors (Lipinski definition) is 4. The maximum atomic E-state index is 10.8. The Bertz CT molecular complexity index is 456. The number of rotatable bonds is 8. The predicted molar refractivity (Wildman–Crippen MR) is 86.6 cm³/mol. The molecule has 0 aromatic heterocycles. The Kier molecular flexibility index (Phi) is 6.79. The van der Waals surface area contributed by atoms with Crippen LogP contribution in [-0.4, -0.2) is 22.5 Å². The van der Waals surface area contributed by atoms with Crippen LogP contribution < -0.4 is 5.32 Å². The summed E-state index contributed by atoms with van der Waals surface area (Å²) in [6, 6.07) is 4.94. The van der Waals surface area contributed by atoms with Gasteiger partial charge in [0.25, 0.3) is 5.69 Å². The van der Waals surface area contributed by atoms with E-state index in [2.05, 4.69) is 25.4 Å². The van der Waals surface area contributed by atoms with Gasteiger partial charge in [0, 0.05) is 23.9 Å². The molecule has 0 spiro atoms. The fraction of sp³-hybridized carbons (Fsp3) is 0.571. The standard InChI is InChI=1S/C14H21ClN2O2S/c1-4-14(5-2,20-3)10-16-9-11-6-7-12(15)13(8-11)17(18)19/h6-8,16H,4-5,9-10H2,1-3H3. The molecule has 0 aliphatic carbocycles. The van der Waals surface area contributed by atoms with Crippen molar-refractivity contribution >= 4 is 29.1 Å². The molecule has 0 heterocycles. The second kappa shape index (κ2) is 7.86. The highest BCUT2D eigenvalue weighted by molar-refractivity contribution is 8.00. The minimum atomic E-state index is -0.448. The number of nitrogens with one attached hydrogen (secondary N) is 1. The lowest BCUT2D eigenvalue weighted by molar-refractivity contribution is -0.384. The van der Waals surface area contributed by atoms with Crippen LogP contribution in [0.4, 0.5) is 5.69 Å². The van der Waals surface area contributed by atoms with E-state index in [0.717, 1.165) is 24.9 Å². The summed E-state index contributed by atoms with van der Waals surface area (Å²) < 4.78 is 0.234. The third kappa shape index (κ3) is 4.36. The van der Waals surface area contributed by atoms with E-state index in [0.29, 0.717) is 6.54 Å². The van der Waals surface area contributed by atoms with E-state index in [-0.39, 0.29) is 15.5 Å². The Morgan fingerprint density at radius 1 is 1.40 bits per heavy atom. The molecule has 0 saturated heterocycles. The summed E-state index contributed by atoms with van der Waals surface area (Å²) in [5.74, 6) is 0. The first kappa shape index (κ1) is 17.3. The van der Waals surface area contributed by atoms with Crippen LogP contribution in [0, 0.1) is 10.1 Å². The Balaban J connectivity index is 2.67. The zero-order valence-electron chi connectivity index (χ0n) is 12.1. The second-order valence-electron chi connectivity index (χ2n) is 4.74. The van der Waals surface area contributed by atoms with E-state index >= 15 is 0 Å². The molecule has 1 rings (SSSR count). The van der Waals surface area contributed by atoms with Gasteiger partial charge in [0.15, 0.2) is 0 Å². The van der Waals surface area contributed by atoms with Crippen molar-refractivity contribution in [2.24, 2.45) is 0 Å². The zero-order chi connectivity index (χ0) is 15.2. The largest absolute Gasteiger partial charge is 0.311 e. The van der Waals surface area contributed by atoms with E-state index in [1.807, 2.05) is 17.8 Å². The summed E-state index contributed by atoms with van der Waals surface area (Å²) in [5, 5.41) is 14.4. The van der Waals surface area contributed by atoms with E-state index < -0.39 is 4.92 Å². The van der Waals surface area contributed by atoms with Gasteiger partial charge in [0.1, 0.15) is 5.02 Å².